The Labute approximate surface area is 139 Å². The third-order valence-corrected chi connectivity index (χ3v) is 3.28. The Bertz CT molecular complexity index is 916. The number of anilines is 2. The van der Waals surface area contributed by atoms with Crippen LogP contribution in [0.4, 0.5) is 24.8 Å². The van der Waals surface area contributed by atoms with E-state index in [9.17, 15) is 23.4 Å². The minimum absolute atomic E-state index is 0.0203. The first-order valence-electron chi connectivity index (χ1n) is 6.97. The predicted molar refractivity (Wildman–Crippen MR) is 83.3 cm³/mol. The number of nitrogens with one attached hydrogen (secondary N) is 1. The molecule has 2 heterocycles. The third-order valence-electron chi connectivity index (χ3n) is 3.28. The molecule has 0 bridgehead atoms. The summed E-state index contributed by atoms with van der Waals surface area (Å²) in [6.45, 7) is 0. The van der Waals surface area contributed by atoms with E-state index in [1.54, 1.807) is 0 Å². The number of nitrogens with zero attached hydrogens (tertiary/aromatic N) is 3. The summed E-state index contributed by atoms with van der Waals surface area (Å²) in [4.78, 5) is 11.8. The van der Waals surface area contributed by atoms with Gasteiger partial charge in [-0.15, -0.1) is 0 Å². The van der Waals surface area contributed by atoms with Gasteiger partial charge in [-0.3, -0.25) is 0 Å². The molecule has 25 heavy (non-hydrogen) atoms. The minimum Gasteiger partial charge on any atom is -0.504 e. The Hall–Kier alpha value is -3.36. The summed E-state index contributed by atoms with van der Waals surface area (Å²) < 4.78 is 38.2. The number of aromatic hydroxyl groups is 2. The van der Waals surface area contributed by atoms with Crippen molar-refractivity contribution in [2.45, 2.75) is 6.18 Å². The Kier molecular flexibility index (Phi) is 4.14. The van der Waals surface area contributed by atoms with Crippen molar-refractivity contribution < 1.29 is 23.4 Å². The number of benzene rings is 1. The summed E-state index contributed by atoms with van der Waals surface area (Å²) in [7, 11) is 0. The predicted octanol–water partition coefficient (Wildman–Crippen LogP) is 3.71. The van der Waals surface area contributed by atoms with Gasteiger partial charge in [0.1, 0.15) is 18.0 Å². The van der Waals surface area contributed by atoms with Crippen LogP contribution in [0.5, 0.6) is 11.5 Å². The lowest BCUT2D eigenvalue weighted by molar-refractivity contribution is -0.137. The van der Waals surface area contributed by atoms with Crippen molar-refractivity contribution in [2.24, 2.45) is 0 Å². The van der Waals surface area contributed by atoms with E-state index >= 15 is 0 Å². The SMILES string of the molecule is Oc1ccc(-c2cc(Nc3cc(C(F)(F)F)ccn3)ncn2)cc1O. The van der Waals surface area contributed by atoms with Gasteiger partial charge in [-0.25, -0.2) is 15.0 Å². The van der Waals surface area contributed by atoms with E-state index in [1.165, 1.54) is 30.6 Å². The first kappa shape index (κ1) is 16.5. The second-order valence-corrected chi connectivity index (χ2v) is 5.04. The molecule has 0 aliphatic rings. The lowest BCUT2D eigenvalue weighted by atomic mass is 10.1. The van der Waals surface area contributed by atoms with Gasteiger partial charge < -0.3 is 15.5 Å². The number of phenols is 2. The molecule has 3 N–H and O–H groups in total. The largest absolute Gasteiger partial charge is 0.504 e. The maximum absolute atomic E-state index is 12.7. The fraction of sp³-hybridized carbons (Fsp3) is 0.0625. The average Bonchev–Trinajstić information content (AvgIpc) is 2.57. The summed E-state index contributed by atoms with van der Waals surface area (Å²) in [6.07, 6.45) is -2.21. The van der Waals surface area contributed by atoms with Crippen LogP contribution in [0.15, 0.2) is 48.9 Å². The summed E-state index contributed by atoms with van der Waals surface area (Å²) in [5, 5.41) is 21.6. The second kappa shape index (κ2) is 6.27. The standard InChI is InChI=1S/C16H11F3N4O2/c17-16(18,19)10-3-4-20-14(6-10)23-15-7-11(21-8-22-15)9-1-2-12(24)13(25)5-9/h1-8,24-25H,(H,20,21,22,23). The Balaban J connectivity index is 1.88. The van der Waals surface area contributed by atoms with Gasteiger partial charge in [0.15, 0.2) is 11.5 Å². The Morgan fingerprint density at radius 2 is 1.60 bits per heavy atom. The minimum atomic E-state index is -4.47. The van der Waals surface area contributed by atoms with Gasteiger partial charge in [0.05, 0.1) is 11.3 Å². The van der Waals surface area contributed by atoms with E-state index < -0.39 is 11.7 Å². The maximum Gasteiger partial charge on any atom is 0.416 e. The lowest BCUT2D eigenvalue weighted by Crippen LogP contribution is -2.06. The van der Waals surface area contributed by atoms with Crippen molar-refractivity contribution in [3.8, 4) is 22.8 Å². The highest BCUT2D eigenvalue weighted by atomic mass is 19.4. The van der Waals surface area contributed by atoms with Gasteiger partial charge >= 0.3 is 6.18 Å². The number of rotatable bonds is 3. The van der Waals surface area contributed by atoms with Crippen LogP contribution in [0, 0.1) is 0 Å². The molecule has 1 aromatic carbocycles. The molecule has 0 radical (unpaired) electrons. The Morgan fingerprint density at radius 3 is 2.32 bits per heavy atom. The van der Waals surface area contributed by atoms with Crippen LogP contribution in [0.25, 0.3) is 11.3 Å². The van der Waals surface area contributed by atoms with Crippen LogP contribution in [0.1, 0.15) is 5.56 Å². The van der Waals surface area contributed by atoms with E-state index in [0.29, 0.717) is 11.3 Å². The highest BCUT2D eigenvalue weighted by Crippen LogP contribution is 2.32. The number of aromatic nitrogens is 3. The number of pyridine rings is 1. The highest BCUT2D eigenvalue weighted by Gasteiger charge is 2.30. The molecule has 0 spiro atoms. The molecular weight excluding hydrogens is 337 g/mol. The monoisotopic (exact) mass is 348 g/mol. The molecular formula is C16H11F3N4O2. The van der Waals surface area contributed by atoms with Gasteiger partial charge in [0.25, 0.3) is 0 Å². The van der Waals surface area contributed by atoms with Crippen LogP contribution in [-0.2, 0) is 6.18 Å². The number of hydrogen-bond donors (Lipinski definition) is 3. The average molecular weight is 348 g/mol. The quantitative estimate of drug-likeness (QED) is 0.625. The summed E-state index contributed by atoms with van der Waals surface area (Å²) in [5.41, 5.74) is 0.0697. The van der Waals surface area contributed by atoms with Crippen LogP contribution in [0.2, 0.25) is 0 Å². The molecule has 0 aliphatic carbocycles. The molecule has 3 rings (SSSR count). The number of phenolic OH excluding ortho intramolecular Hbond substituents is 2. The Morgan fingerprint density at radius 1 is 0.840 bits per heavy atom. The first-order chi connectivity index (χ1) is 11.8. The molecule has 0 amide bonds. The van der Waals surface area contributed by atoms with Crippen LogP contribution in [0.3, 0.4) is 0 Å². The van der Waals surface area contributed by atoms with Crippen LogP contribution >= 0.6 is 0 Å². The van der Waals surface area contributed by atoms with Crippen molar-refractivity contribution >= 4 is 11.6 Å². The molecule has 0 aliphatic heterocycles. The molecule has 0 unspecified atom stereocenters. The van der Waals surface area contributed by atoms with E-state index in [1.807, 2.05) is 0 Å². The van der Waals surface area contributed by atoms with Gasteiger partial charge in [-0.2, -0.15) is 13.2 Å². The third kappa shape index (κ3) is 3.77. The molecule has 0 saturated heterocycles. The number of alkyl halides is 3. The van der Waals surface area contributed by atoms with Gasteiger partial charge in [0, 0.05) is 17.8 Å². The van der Waals surface area contributed by atoms with Gasteiger partial charge in [0.2, 0.25) is 0 Å². The van der Waals surface area contributed by atoms with E-state index in [4.69, 9.17) is 0 Å². The van der Waals surface area contributed by atoms with E-state index in [2.05, 4.69) is 20.3 Å². The molecule has 6 nitrogen and oxygen atoms in total. The smallest absolute Gasteiger partial charge is 0.416 e. The first-order valence-corrected chi connectivity index (χ1v) is 6.97. The molecule has 128 valence electrons. The van der Waals surface area contributed by atoms with Gasteiger partial charge in [-0.05, 0) is 30.3 Å². The van der Waals surface area contributed by atoms with Crippen molar-refractivity contribution in [2.75, 3.05) is 5.32 Å². The van der Waals surface area contributed by atoms with E-state index in [0.717, 1.165) is 18.3 Å². The molecule has 0 fully saturated rings. The number of hydrogen-bond acceptors (Lipinski definition) is 6. The van der Waals surface area contributed by atoms with Crippen molar-refractivity contribution in [1.82, 2.24) is 15.0 Å². The number of halogens is 3. The normalized spacial score (nSPS) is 11.3. The zero-order chi connectivity index (χ0) is 18.0. The topological polar surface area (TPSA) is 91.2 Å². The van der Waals surface area contributed by atoms with Crippen molar-refractivity contribution in [1.29, 1.82) is 0 Å². The van der Waals surface area contributed by atoms with Gasteiger partial charge in [-0.1, -0.05) is 0 Å². The zero-order valence-corrected chi connectivity index (χ0v) is 12.5. The molecule has 0 atom stereocenters. The molecule has 9 heteroatoms. The molecule has 3 aromatic rings. The zero-order valence-electron chi connectivity index (χ0n) is 12.5. The summed E-state index contributed by atoms with van der Waals surface area (Å²) >= 11 is 0. The molecule has 0 saturated carbocycles. The van der Waals surface area contributed by atoms with Crippen molar-refractivity contribution in [3.63, 3.8) is 0 Å². The maximum atomic E-state index is 12.7. The summed E-state index contributed by atoms with van der Waals surface area (Å²) in [5.74, 6) is -0.382. The lowest BCUT2D eigenvalue weighted by Gasteiger charge is -2.10. The fourth-order valence-electron chi connectivity index (χ4n) is 2.07. The highest BCUT2D eigenvalue weighted by molar-refractivity contribution is 5.67. The van der Waals surface area contributed by atoms with Crippen LogP contribution in [-0.4, -0.2) is 25.2 Å². The van der Waals surface area contributed by atoms with Crippen LogP contribution < -0.4 is 5.32 Å². The fourth-order valence-corrected chi connectivity index (χ4v) is 2.07. The van der Waals surface area contributed by atoms with Crippen molar-refractivity contribution in [3.05, 3.63) is 54.5 Å². The van der Waals surface area contributed by atoms with E-state index in [-0.39, 0.29) is 23.1 Å². The molecule has 2 aromatic heterocycles. The second-order valence-electron chi connectivity index (χ2n) is 5.04. The summed E-state index contributed by atoms with van der Waals surface area (Å²) in [6, 6.07) is 7.36.